The van der Waals surface area contributed by atoms with Crippen molar-refractivity contribution in [2.45, 2.75) is 44.8 Å². The quantitative estimate of drug-likeness (QED) is 0.794. The summed E-state index contributed by atoms with van der Waals surface area (Å²) in [7, 11) is 0. The summed E-state index contributed by atoms with van der Waals surface area (Å²) in [5.41, 5.74) is 1.82. The SMILES string of the molecule is O=C1CCCN1Cc1ccc(C(=O)N(Cc2cccs2)C2CC2)cc1. The number of hydrogen-bond donors (Lipinski definition) is 0. The van der Waals surface area contributed by atoms with Crippen LogP contribution >= 0.6 is 11.3 Å². The fourth-order valence-corrected chi connectivity index (χ4v) is 4.04. The number of likely N-dealkylation sites (tertiary alicyclic amines) is 1. The van der Waals surface area contributed by atoms with Crippen molar-refractivity contribution in [1.82, 2.24) is 9.80 Å². The Kier molecular flexibility index (Phi) is 4.57. The van der Waals surface area contributed by atoms with Gasteiger partial charge in [-0.1, -0.05) is 18.2 Å². The van der Waals surface area contributed by atoms with Crippen LogP contribution in [-0.2, 0) is 17.9 Å². The third-order valence-electron chi connectivity index (χ3n) is 4.90. The first kappa shape index (κ1) is 16.3. The molecule has 1 aliphatic carbocycles. The minimum atomic E-state index is 0.111. The Bertz CT molecular complexity index is 751. The molecule has 0 spiro atoms. The van der Waals surface area contributed by atoms with Crippen LogP contribution in [0.15, 0.2) is 41.8 Å². The van der Waals surface area contributed by atoms with Crippen molar-refractivity contribution in [3.63, 3.8) is 0 Å². The number of hydrogen-bond acceptors (Lipinski definition) is 3. The molecule has 0 radical (unpaired) electrons. The first-order valence-corrected chi connectivity index (χ1v) is 9.79. The van der Waals surface area contributed by atoms with Gasteiger partial charge in [0.25, 0.3) is 5.91 Å². The monoisotopic (exact) mass is 354 g/mol. The fourth-order valence-electron chi connectivity index (χ4n) is 3.33. The average molecular weight is 354 g/mol. The van der Waals surface area contributed by atoms with Gasteiger partial charge in [0.05, 0.1) is 6.54 Å². The third kappa shape index (κ3) is 3.76. The normalized spacial score (nSPS) is 17.1. The van der Waals surface area contributed by atoms with Crippen molar-refractivity contribution in [2.24, 2.45) is 0 Å². The average Bonchev–Trinajstić information content (AvgIpc) is 3.19. The van der Waals surface area contributed by atoms with Crippen molar-refractivity contribution in [3.05, 3.63) is 57.8 Å². The maximum absolute atomic E-state index is 12.9. The van der Waals surface area contributed by atoms with Gasteiger partial charge in [0.2, 0.25) is 5.91 Å². The Morgan fingerprint density at radius 3 is 2.60 bits per heavy atom. The zero-order chi connectivity index (χ0) is 17.2. The summed E-state index contributed by atoms with van der Waals surface area (Å²) < 4.78 is 0. The summed E-state index contributed by atoms with van der Waals surface area (Å²) in [6.07, 6.45) is 3.82. The molecule has 2 aliphatic rings. The molecule has 1 aromatic heterocycles. The Labute approximate surface area is 152 Å². The maximum Gasteiger partial charge on any atom is 0.254 e. The highest BCUT2D eigenvalue weighted by atomic mass is 32.1. The predicted octanol–water partition coefficient (Wildman–Crippen LogP) is 3.68. The van der Waals surface area contributed by atoms with E-state index in [0.29, 0.717) is 25.6 Å². The largest absolute Gasteiger partial charge is 0.338 e. The smallest absolute Gasteiger partial charge is 0.254 e. The van der Waals surface area contributed by atoms with E-state index in [0.717, 1.165) is 36.9 Å². The van der Waals surface area contributed by atoms with Crippen molar-refractivity contribution in [2.75, 3.05) is 6.54 Å². The van der Waals surface area contributed by atoms with Crippen LogP contribution in [0.25, 0.3) is 0 Å². The fraction of sp³-hybridized carbons (Fsp3) is 0.400. The van der Waals surface area contributed by atoms with Crippen LogP contribution in [0, 0.1) is 0 Å². The van der Waals surface area contributed by atoms with E-state index in [9.17, 15) is 9.59 Å². The van der Waals surface area contributed by atoms with E-state index in [1.54, 1.807) is 11.3 Å². The molecule has 1 aromatic carbocycles. The lowest BCUT2D eigenvalue weighted by molar-refractivity contribution is -0.128. The minimum absolute atomic E-state index is 0.111. The first-order valence-electron chi connectivity index (χ1n) is 8.91. The summed E-state index contributed by atoms with van der Waals surface area (Å²) in [6, 6.07) is 12.3. The minimum Gasteiger partial charge on any atom is -0.338 e. The summed E-state index contributed by atoms with van der Waals surface area (Å²) in [5, 5.41) is 2.05. The molecule has 0 atom stereocenters. The third-order valence-corrected chi connectivity index (χ3v) is 5.76. The Hall–Kier alpha value is -2.14. The summed E-state index contributed by atoms with van der Waals surface area (Å²) >= 11 is 1.70. The van der Waals surface area contributed by atoms with E-state index < -0.39 is 0 Å². The van der Waals surface area contributed by atoms with Crippen LogP contribution in [0.5, 0.6) is 0 Å². The topological polar surface area (TPSA) is 40.6 Å². The summed E-state index contributed by atoms with van der Waals surface area (Å²) in [5.74, 6) is 0.343. The molecule has 5 heteroatoms. The van der Waals surface area contributed by atoms with E-state index in [1.165, 1.54) is 4.88 Å². The highest BCUT2D eigenvalue weighted by Crippen LogP contribution is 2.30. The van der Waals surface area contributed by atoms with E-state index in [1.807, 2.05) is 40.1 Å². The number of benzene rings is 1. The number of thiophene rings is 1. The lowest BCUT2D eigenvalue weighted by Crippen LogP contribution is -2.32. The second-order valence-electron chi connectivity index (χ2n) is 6.86. The second kappa shape index (κ2) is 7.00. The van der Waals surface area contributed by atoms with Crippen LogP contribution in [0.3, 0.4) is 0 Å². The standard InChI is InChI=1S/C20H22N2O2S/c23-19-4-1-11-21(19)13-15-5-7-16(8-6-15)20(24)22(17-9-10-17)14-18-3-2-12-25-18/h2-3,5-8,12,17H,1,4,9-11,13-14H2. The van der Waals surface area contributed by atoms with Crippen molar-refractivity contribution in [1.29, 1.82) is 0 Å². The second-order valence-corrected chi connectivity index (χ2v) is 7.89. The van der Waals surface area contributed by atoms with Gasteiger partial charge in [-0.3, -0.25) is 9.59 Å². The number of nitrogens with zero attached hydrogens (tertiary/aromatic N) is 2. The molecule has 1 saturated heterocycles. The van der Waals surface area contributed by atoms with Crippen LogP contribution in [0.1, 0.15) is 46.5 Å². The summed E-state index contributed by atoms with van der Waals surface area (Å²) in [6.45, 7) is 2.19. The lowest BCUT2D eigenvalue weighted by Gasteiger charge is -2.22. The van der Waals surface area contributed by atoms with Crippen LogP contribution in [0.2, 0.25) is 0 Å². The molecule has 0 unspecified atom stereocenters. The number of carbonyl (C=O) groups is 2. The molecule has 130 valence electrons. The van der Waals surface area contributed by atoms with Crippen molar-refractivity contribution < 1.29 is 9.59 Å². The highest BCUT2D eigenvalue weighted by molar-refractivity contribution is 7.09. The molecule has 2 aromatic rings. The van der Waals surface area contributed by atoms with Gasteiger partial charge in [0.1, 0.15) is 0 Å². The molecule has 2 fully saturated rings. The maximum atomic E-state index is 12.9. The molecule has 1 saturated carbocycles. The van der Waals surface area contributed by atoms with Gasteiger partial charge in [-0.15, -0.1) is 11.3 Å². The first-order chi connectivity index (χ1) is 12.2. The van der Waals surface area contributed by atoms with Gasteiger partial charge in [-0.05, 0) is 48.4 Å². The highest BCUT2D eigenvalue weighted by Gasteiger charge is 2.33. The predicted molar refractivity (Wildman–Crippen MR) is 98.3 cm³/mol. The van der Waals surface area contributed by atoms with Gasteiger partial charge >= 0.3 is 0 Å². The van der Waals surface area contributed by atoms with Crippen LogP contribution < -0.4 is 0 Å². The molecular formula is C20H22N2O2S. The number of rotatable bonds is 6. The molecule has 4 nitrogen and oxygen atoms in total. The molecular weight excluding hydrogens is 332 g/mol. The van der Waals surface area contributed by atoms with Gasteiger partial charge in [0, 0.05) is 36.0 Å². The summed E-state index contributed by atoms with van der Waals surface area (Å²) in [4.78, 5) is 29.8. The number of amides is 2. The van der Waals surface area contributed by atoms with E-state index in [2.05, 4.69) is 11.4 Å². The molecule has 25 heavy (non-hydrogen) atoms. The Morgan fingerprint density at radius 2 is 2.00 bits per heavy atom. The van der Waals surface area contributed by atoms with E-state index in [-0.39, 0.29) is 11.8 Å². The van der Waals surface area contributed by atoms with Gasteiger partial charge in [-0.25, -0.2) is 0 Å². The van der Waals surface area contributed by atoms with Gasteiger partial charge in [-0.2, -0.15) is 0 Å². The van der Waals surface area contributed by atoms with Crippen molar-refractivity contribution >= 4 is 23.2 Å². The van der Waals surface area contributed by atoms with Gasteiger partial charge in [0.15, 0.2) is 0 Å². The lowest BCUT2D eigenvalue weighted by atomic mass is 10.1. The number of carbonyl (C=O) groups excluding carboxylic acids is 2. The molecule has 4 rings (SSSR count). The molecule has 1 aliphatic heterocycles. The van der Waals surface area contributed by atoms with Crippen LogP contribution in [0.4, 0.5) is 0 Å². The van der Waals surface area contributed by atoms with E-state index in [4.69, 9.17) is 0 Å². The van der Waals surface area contributed by atoms with Crippen molar-refractivity contribution in [3.8, 4) is 0 Å². The Balaban J connectivity index is 1.44. The zero-order valence-corrected chi connectivity index (χ0v) is 15.0. The molecule has 2 amide bonds. The zero-order valence-electron chi connectivity index (χ0n) is 14.2. The van der Waals surface area contributed by atoms with Gasteiger partial charge < -0.3 is 9.80 Å². The molecule has 0 bridgehead atoms. The molecule has 2 heterocycles. The van der Waals surface area contributed by atoms with Crippen LogP contribution in [-0.4, -0.2) is 34.2 Å². The Morgan fingerprint density at radius 1 is 1.20 bits per heavy atom. The molecule has 0 N–H and O–H groups in total. The van der Waals surface area contributed by atoms with E-state index >= 15 is 0 Å².